The van der Waals surface area contributed by atoms with Gasteiger partial charge in [-0.25, -0.2) is 0 Å². The van der Waals surface area contributed by atoms with Gasteiger partial charge < -0.3 is 5.32 Å². The smallest absolute Gasteiger partial charge is 0.0766 e. The van der Waals surface area contributed by atoms with Gasteiger partial charge in [0.25, 0.3) is 0 Å². The van der Waals surface area contributed by atoms with E-state index in [1.807, 2.05) is 0 Å². The van der Waals surface area contributed by atoms with Crippen molar-refractivity contribution in [1.82, 2.24) is 15.1 Å². The third-order valence-electron chi connectivity index (χ3n) is 4.68. The first kappa shape index (κ1) is 16.0. The maximum atomic E-state index is 4.64. The molecule has 3 nitrogen and oxygen atoms in total. The van der Waals surface area contributed by atoms with E-state index in [2.05, 4.69) is 51.9 Å². The summed E-state index contributed by atoms with van der Waals surface area (Å²) >= 11 is 3.76. The quantitative estimate of drug-likeness (QED) is 0.819. The van der Waals surface area contributed by atoms with Crippen molar-refractivity contribution < 1.29 is 0 Å². The molecular weight excluding hydrogens is 314 g/mol. The third-order valence-corrected chi connectivity index (χ3v) is 5.60. The average Bonchev–Trinajstić information content (AvgIpc) is 3.05. The number of rotatable bonds is 7. The first-order chi connectivity index (χ1) is 9.67. The minimum atomic E-state index is 0.744. The molecule has 2 rings (SSSR count). The molecule has 0 radical (unpaired) electrons. The van der Waals surface area contributed by atoms with Gasteiger partial charge in [-0.15, -0.1) is 0 Å². The minimum Gasteiger partial charge on any atom is -0.317 e. The van der Waals surface area contributed by atoms with Gasteiger partial charge in [-0.1, -0.05) is 39.5 Å². The summed E-state index contributed by atoms with van der Waals surface area (Å²) in [6, 6.07) is 0. The van der Waals surface area contributed by atoms with Crippen molar-refractivity contribution >= 4 is 15.9 Å². The van der Waals surface area contributed by atoms with Gasteiger partial charge in [0.2, 0.25) is 0 Å². The SMILES string of the molecule is CCNCC(Cc1c(Br)c(CC)nn1C)C1CCCC1. The Morgan fingerprint density at radius 3 is 2.60 bits per heavy atom. The van der Waals surface area contributed by atoms with Crippen molar-refractivity contribution in [3.05, 3.63) is 15.9 Å². The third kappa shape index (κ3) is 3.64. The molecule has 4 heteroatoms. The Balaban J connectivity index is 2.11. The first-order valence-electron chi connectivity index (χ1n) is 8.08. The van der Waals surface area contributed by atoms with Crippen LogP contribution >= 0.6 is 15.9 Å². The molecule has 1 aromatic heterocycles. The molecule has 20 heavy (non-hydrogen) atoms. The summed E-state index contributed by atoms with van der Waals surface area (Å²) in [5.74, 6) is 1.63. The Bertz CT molecular complexity index is 422. The second-order valence-corrected chi connectivity index (χ2v) is 6.79. The molecule has 1 N–H and O–H groups in total. The standard InChI is InChI=1S/C16H28BrN3/c1-4-14-16(17)15(20(3)19-14)10-13(11-18-5-2)12-8-6-7-9-12/h12-13,18H,4-11H2,1-3H3. The molecule has 1 aromatic rings. The molecule has 1 saturated carbocycles. The highest BCUT2D eigenvalue weighted by Crippen LogP contribution is 2.34. The fraction of sp³-hybridized carbons (Fsp3) is 0.812. The maximum absolute atomic E-state index is 4.64. The van der Waals surface area contributed by atoms with Crippen LogP contribution in [0.15, 0.2) is 4.47 Å². The van der Waals surface area contributed by atoms with Gasteiger partial charge in [0.15, 0.2) is 0 Å². The number of hydrogen-bond acceptors (Lipinski definition) is 2. The van der Waals surface area contributed by atoms with Gasteiger partial charge in [-0.3, -0.25) is 4.68 Å². The molecule has 1 atom stereocenters. The number of nitrogens with zero attached hydrogens (tertiary/aromatic N) is 2. The fourth-order valence-electron chi connectivity index (χ4n) is 3.45. The Hall–Kier alpha value is -0.350. The number of aromatic nitrogens is 2. The lowest BCUT2D eigenvalue weighted by atomic mass is 9.87. The molecule has 0 aliphatic heterocycles. The van der Waals surface area contributed by atoms with Crippen LogP contribution in [0.2, 0.25) is 0 Å². The molecule has 0 amide bonds. The van der Waals surface area contributed by atoms with Crippen LogP contribution in [-0.2, 0) is 19.9 Å². The normalized spacial score (nSPS) is 17.8. The van der Waals surface area contributed by atoms with E-state index in [9.17, 15) is 0 Å². The van der Waals surface area contributed by atoms with Crippen LogP contribution in [0.3, 0.4) is 0 Å². The van der Waals surface area contributed by atoms with E-state index >= 15 is 0 Å². The van der Waals surface area contributed by atoms with Crippen molar-refractivity contribution in [3.63, 3.8) is 0 Å². The van der Waals surface area contributed by atoms with Gasteiger partial charge >= 0.3 is 0 Å². The highest BCUT2D eigenvalue weighted by molar-refractivity contribution is 9.10. The van der Waals surface area contributed by atoms with Gasteiger partial charge in [0.05, 0.1) is 15.9 Å². The Labute approximate surface area is 131 Å². The summed E-state index contributed by atoms with van der Waals surface area (Å²) < 4.78 is 3.32. The lowest BCUT2D eigenvalue weighted by Crippen LogP contribution is -2.29. The van der Waals surface area contributed by atoms with Crippen LogP contribution in [0.25, 0.3) is 0 Å². The van der Waals surface area contributed by atoms with E-state index < -0.39 is 0 Å². The highest BCUT2D eigenvalue weighted by atomic mass is 79.9. The number of halogens is 1. The van der Waals surface area contributed by atoms with Crippen molar-refractivity contribution in [1.29, 1.82) is 0 Å². The Kier molecular flexibility index (Phi) is 6.09. The monoisotopic (exact) mass is 341 g/mol. The summed E-state index contributed by atoms with van der Waals surface area (Å²) in [7, 11) is 2.08. The van der Waals surface area contributed by atoms with Crippen LogP contribution < -0.4 is 5.32 Å². The second-order valence-electron chi connectivity index (χ2n) is 6.00. The largest absolute Gasteiger partial charge is 0.317 e. The maximum Gasteiger partial charge on any atom is 0.0766 e. The van der Waals surface area contributed by atoms with Gasteiger partial charge in [-0.05, 0) is 53.7 Å². The number of aryl methyl sites for hydroxylation is 2. The topological polar surface area (TPSA) is 29.9 Å². The average molecular weight is 342 g/mol. The van der Waals surface area contributed by atoms with Gasteiger partial charge in [-0.2, -0.15) is 5.10 Å². The summed E-state index contributed by atoms with van der Waals surface area (Å²) in [4.78, 5) is 0. The zero-order valence-corrected chi connectivity index (χ0v) is 14.7. The molecule has 0 saturated heterocycles. The molecule has 0 bridgehead atoms. The first-order valence-corrected chi connectivity index (χ1v) is 8.87. The van der Waals surface area contributed by atoms with Crippen LogP contribution in [0, 0.1) is 11.8 Å². The van der Waals surface area contributed by atoms with Crippen LogP contribution in [-0.4, -0.2) is 22.9 Å². The minimum absolute atomic E-state index is 0.744. The van der Waals surface area contributed by atoms with E-state index in [1.165, 1.54) is 41.5 Å². The predicted octanol–water partition coefficient (Wildman–Crippen LogP) is 3.70. The van der Waals surface area contributed by atoms with Crippen molar-refractivity contribution in [2.24, 2.45) is 18.9 Å². The molecule has 0 aromatic carbocycles. The zero-order chi connectivity index (χ0) is 14.5. The van der Waals surface area contributed by atoms with Crippen molar-refractivity contribution in [3.8, 4) is 0 Å². The van der Waals surface area contributed by atoms with Crippen LogP contribution in [0.5, 0.6) is 0 Å². The number of nitrogens with one attached hydrogen (secondary N) is 1. The summed E-state index contributed by atoms with van der Waals surface area (Å²) in [5.41, 5.74) is 2.56. The molecule has 1 aliphatic carbocycles. The molecule has 1 fully saturated rings. The molecule has 1 unspecified atom stereocenters. The van der Waals surface area contributed by atoms with Crippen molar-refractivity contribution in [2.45, 2.75) is 52.4 Å². The summed E-state index contributed by atoms with van der Waals surface area (Å²) in [6.07, 6.45) is 7.79. The fourth-order valence-corrected chi connectivity index (χ4v) is 4.23. The summed E-state index contributed by atoms with van der Waals surface area (Å²) in [5, 5.41) is 8.20. The molecule has 0 spiro atoms. The zero-order valence-electron chi connectivity index (χ0n) is 13.1. The lowest BCUT2D eigenvalue weighted by Gasteiger charge is -2.24. The summed E-state index contributed by atoms with van der Waals surface area (Å²) in [6.45, 7) is 6.57. The van der Waals surface area contributed by atoms with E-state index in [0.717, 1.165) is 37.8 Å². The van der Waals surface area contributed by atoms with E-state index in [1.54, 1.807) is 0 Å². The molecule has 1 heterocycles. The van der Waals surface area contributed by atoms with Gasteiger partial charge in [0.1, 0.15) is 0 Å². The van der Waals surface area contributed by atoms with E-state index in [0.29, 0.717) is 0 Å². The number of hydrogen-bond donors (Lipinski definition) is 1. The predicted molar refractivity (Wildman–Crippen MR) is 88.0 cm³/mol. The Morgan fingerprint density at radius 2 is 2.05 bits per heavy atom. The van der Waals surface area contributed by atoms with Crippen LogP contribution in [0.1, 0.15) is 50.9 Å². The Morgan fingerprint density at radius 1 is 1.35 bits per heavy atom. The lowest BCUT2D eigenvalue weighted by molar-refractivity contribution is 0.317. The molecule has 1 aliphatic rings. The highest BCUT2D eigenvalue weighted by Gasteiger charge is 2.27. The van der Waals surface area contributed by atoms with Crippen LogP contribution in [0.4, 0.5) is 0 Å². The molecule has 114 valence electrons. The molecular formula is C16H28BrN3. The van der Waals surface area contributed by atoms with E-state index in [4.69, 9.17) is 0 Å². The van der Waals surface area contributed by atoms with E-state index in [-0.39, 0.29) is 0 Å². The second kappa shape index (κ2) is 7.60. The van der Waals surface area contributed by atoms with Crippen molar-refractivity contribution in [2.75, 3.05) is 13.1 Å². The van der Waals surface area contributed by atoms with Gasteiger partial charge in [0, 0.05) is 7.05 Å².